The topological polar surface area (TPSA) is 101 Å². The second-order valence-corrected chi connectivity index (χ2v) is 10.1. The molecule has 1 saturated heterocycles. The van der Waals surface area contributed by atoms with Gasteiger partial charge in [-0.25, -0.2) is 31.6 Å². The molecule has 1 aromatic heterocycles. The minimum atomic E-state index is -5.07. The van der Waals surface area contributed by atoms with Crippen molar-refractivity contribution in [1.82, 2.24) is 19.6 Å². The molecule has 38 heavy (non-hydrogen) atoms. The van der Waals surface area contributed by atoms with E-state index in [9.17, 15) is 39.6 Å². The molecule has 0 aliphatic carbocycles. The van der Waals surface area contributed by atoms with Gasteiger partial charge in [0.15, 0.2) is 11.6 Å². The summed E-state index contributed by atoms with van der Waals surface area (Å²) in [6.07, 6.45) is -6.00. The van der Waals surface area contributed by atoms with Crippen LogP contribution in [0.15, 0.2) is 59.8 Å². The Labute approximate surface area is 212 Å². The molecule has 2 heterocycles. The standard InChI is InChI=1S/C23H18F6N4O4S/c24-14-2-4-17(5-3-14)38(35,36)33-11-15(25)8-20(33)22(34)30-10-16-9-19(32-12-31-16)13-1-6-21(18(26)7-13)37-23(27,28)29/h1-7,9,12,15,20H,8,10-11H2,(H,30,34)/t15-,20+/m1/s1. The van der Waals surface area contributed by atoms with Crippen LogP contribution in [0.5, 0.6) is 5.75 Å². The Balaban J connectivity index is 1.46. The van der Waals surface area contributed by atoms with Crippen molar-refractivity contribution >= 4 is 15.9 Å². The summed E-state index contributed by atoms with van der Waals surface area (Å²) in [6.45, 7) is -0.806. The third-order valence-corrected chi connectivity index (χ3v) is 7.44. The molecule has 8 nitrogen and oxygen atoms in total. The van der Waals surface area contributed by atoms with E-state index in [2.05, 4.69) is 20.0 Å². The molecule has 0 spiro atoms. The molecule has 0 saturated carbocycles. The number of carbonyl (C=O) groups excluding carboxylic acids is 1. The van der Waals surface area contributed by atoms with Gasteiger partial charge in [-0.15, -0.1) is 13.2 Å². The molecule has 1 N–H and O–H groups in total. The number of benzene rings is 2. The lowest BCUT2D eigenvalue weighted by molar-refractivity contribution is -0.275. The molecular formula is C23H18F6N4O4S. The molecule has 0 unspecified atom stereocenters. The smallest absolute Gasteiger partial charge is 0.403 e. The zero-order valence-corrected chi connectivity index (χ0v) is 19.9. The van der Waals surface area contributed by atoms with Crippen LogP contribution in [-0.2, 0) is 21.4 Å². The van der Waals surface area contributed by atoms with Crippen LogP contribution in [0.25, 0.3) is 11.3 Å². The zero-order valence-electron chi connectivity index (χ0n) is 19.1. The Bertz CT molecular complexity index is 1440. The Hall–Kier alpha value is -3.72. The van der Waals surface area contributed by atoms with Gasteiger partial charge in [-0.3, -0.25) is 4.79 Å². The fraction of sp³-hybridized carbons (Fsp3) is 0.261. The number of sulfonamides is 1. The molecule has 1 fully saturated rings. The maximum atomic E-state index is 14.2. The number of ether oxygens (including phenoxy) is 1. The third-order valence-electron chi connectivity index (χ3n) is 5.55. The number of alkyl halides is 4. The number of nitrogens with one attached hydrogen (secondary N) is 1. The largest absolute Gasteiger partial charge is 0.573 e. The number of carbonyl (C=O) groups is 1. The molecule has 4 rings (SSSR count). The number of aromatic nitrogens is 2. The van der Waals surface area contributed by atoms with Crippen LogP contribution < -0.4 is 10.1 Å². The second kappa shape index (κ2) is 10.6. The van der Waals surface area contributed by atoms with Gasteiger partial charge in [-0.2, -0.15) is 4.31 Å². The summed E-state index contributed by atoms with van der Waals surface area (Å²) in [5, 5.41) is 2.47. The molecule has 0 radical (unpaired) electrons. The van der Waals surface area contributed by atoms with Crippen molar-refractivity contribution in [3.63, 3.8) is 0 Å². The minimum Gasteiger partial charge on any atom is -0.403 e. The lowest BCUT2D eigenvalue weighted by Gasteiger charge is -2.23. The van der Waals surface area contributed by atoms with Crippen molar-refractivity contribution < 1.29 is 44.3 Å². The van der Waals surface area contributed by atoms with Crippen molar-refractivity contribution in [3.8, 4) is 17.0 Å². The van der Waals surface area contributed by atoms with Gasteiger partial charge >= 0.3 is 6.36 Å². The van der Waals surface area contributed by atoms with Gasteiger partial charge in [0.1, 0.15) is 24.4 Å². The van der Waals surface area contributed by atoms with Crippen LogP contribution in [-0.4, -0.2) is 53.7 Å². The van der Waals surface area contributed by atoms with E-state index in [-0.39, 0.29) is 28.4 Å². The summed E-state index contributed by atoms with van der Waals surface area (Å²) in [5.41, 5.74) is 0.411. The molecule has 2 aromatic carbocycles. The highest BCUT2D eigenvalue weighted by atomic mass is 32.2. The first-order valence-electron chi connectivity index (χ1n) is 10.9. The van der Waals surface area contributed by atoms with Crippen molar-refractivity contribution in [2.45, 2.75) is 36.4 Å². The van der Waals surface area contributed by atoms with E-state index in [1.54, 1.807) is 0 Å². The van der Waals surface area contributed by atoms with Crippen LogP contribution in [0.3, 0.4) is 0 Å². The van der Waals surface area contributed by atoms with E-state index in [1.165, 1.54) is 6.07 Å². The van der Waals surface area contributed by atoms with Crippen LogP contribution in [0.1, 0.15) is 12.1 Å². The van der Waals surface area contributed by atoms with Gasteiger partial charge in [0.25, 0.3) is 0 Å². The Morgan fingerprint density at radius 3 is 2.45 bits per heavy atom. The van der Waals surface area contributed by atoms with Gasteiger partial charge in [-0.1, -0.05) is 0 Å². The SMILES string of the molecule is O=C(NCc1cc(-c2ccc(OC(F)(F)F)c(F)c2)ncn1)[C@@H]1C[C@@H](F)CN1S(=O)(=O)c1ccc(F)cc1. The normalized spacial score (nSPS) is 18.4. The zero-order chi connectivity index (χ0) is 27.7. The van der Waals surface area contributed by atoms with E-state index in [4.69, 9.17) is 0 Å². The number of hydrogen-bond donors (Lipinski definition) is 1. The summed E-state index contributed by atoms with van der Waals surface area (Å²) in [6, 6.07) is 6.55. The van der Waals surface area contributed by atoms with Gasteiger partial charge < -0.3 is 10.1 Å². The number of rotatable bonds is 7. The van der Waals surface area contributed by atoms with E-state index in [0.29, 0.717) is 4.31 Å². The lowest BCUT2D eigenvalue weighted by Crippen LogP contribution is -2.45. The summed E-state index contributed by atoms with van der Waals surface area (Å²) >= 11 is 0. The average Bonchev–Trinajstić information content (AvgIpc) is 3.26. The van der Waals surface area contributed by atoms with Gasteiger partial charge in [0, 0.05) is 18.5 Å². The highest BCUT2D eigenvalue weighted by molar-refractivity contribution is 7.89. The van der Waals surface area contributed by atoms with Crippen LogP contribution >= 0.6 is 0 Å². The molecule has 202 valence electrons. The van der Waals surface area contributed by atoms with E-state index in [0.717, 1.165) is 48.8 Å². The minimum absolute atomic E-state index is 0.0969. The first-order chi connectivity index (χ1) is 17.8. The first kappa shape index (κ1) is 27.3. The monoisotopic (exact) mass is 560 g/mol. The molecular weight excluding hydrogens is 542 g/mol. The quantitative estimate of drug-likeness (QED) is 0.442. The van der Waals surface area contributed by atoms with Crippen molar-refractivity contribution in [2.75, 3.05) is 6.54 Å². The van der Waals surface area contributed by atoms with Crippen LogP contribution in [0, 0.1) is 11.6 Å². The van der Waals surface area contributed by atoms with Gasteiger partial charge in [-0.05, 0) is 48.5 Å². The molecule has 1 amide bonds. The van der Waals surface area contributed by atoms with Gasteiger partial charge in [0.05, 0.1) is 22.8 Å². The molecule has 3 aromatic rings. The van der Waals surface area contributed by atoms with Crippen LogP contribution in [0.4, 0.5) is 26.3 Å². The first-order valence-corrected chi connectivity index (χ1v) is 12.3. The molecule has 1 aliphatic rings. The van der Waals surface area contributed by atoms with Crippen molar-refractivity contribution in [1.29, 1.82) is 0 Å². The number of halogens is 6. The third kappa shape index (κ3) is 6.22. The van der Waals surface area contributed by atoms with Crippen LogP contribution in [0.2, 0.25) is 0 Å². The predicted octanol–water partition coefficient (Wildman–Crippen LogP) is 3.74. The Kier molecular flexibility index (Phi) is 7.60. The number of hydrogen-bond acceptors (Lipinski definition) is 6. The summed E-state index contributed by atoms with van der Waals surface area (Å²) < 4.78 is 109. The predicted molar refractivity (Wildman–Crippen MR) is 120 cm³/mol. The van der Waals surface area contributed by atoms with E-state index >= 15 is 0 Å². The molecule has 2 atom stereocenters. The highest BCUT2D eigenvalue weighted by Gasteiger charge is 2.44. The summed E-state index contributed by atoms with van der Waals surface area (Å²) in [5.74, 6) is -3.78. The fourth-order valence-corrected chi connectivity index (χ4v) is 5.44. The highest BCUT2D eigenvalue weighted by Crippen LogP contribution is 2.30. The molecule has 0 bridgehead atoms. The maximum absolute atomic E-state index is 14.2. The van der Waals surface area contributed by atoms with E-state index < -0.39 is 64.9 Å². The Morgan fingerprint density at radius 2 is 1.79 bits per heavy atom. The van der Waals surface area contributed by atoms with Gasteiger partial charge in [0.2, 0.25) is 15.9 Å². The fourth-order valence-electron chi connectivity index (χ4n) is 3.82. The second-order valence-electron chi connectivity index (χ2n) is 8.18. The van der Waals surface area contributed by atoms with Crippen molar-refractivity contribution in [3.05, 3.63) is 72.2 Å². The van der Waals surface area contributed by atoms with Crippen molar-refractivity contribution in [2.24, 2.45) is 0 Å². The number of nitrogens with zero attached hydrogens (tertiary/aromatic N) is 3. The Morgan fingerprint density at radius 1 is 1.08 bits per heavy atom. The molecule has 1 aliphatic heterocycles. The number of amides is 1. The summed E-state index contributed by atoms with van der Waals surface area (Å²) in [7, 11) is -4.30. The summed E-state index contributed by atoms with van der Waals surface area (Å²) in [4.78, 5) is 20.4. The van der Waals surface area contributed by atoms with E-state index in [1.807, 2.05) is 0 Å². The average molecular weight is 560 g/mol. The molecule has 15 heteroatoms. The lowest BCUT2D eigenvalue weighted by atomic mass is 10.1. The maximum Gasteiger partial charge on any atom is 0.573 e.